The SMILES string of the molecule is CC(Cl)C(Cl)CN(C)C. The maximum absolute atomic E-state index is 5.84. The summed E-state index contributed by atoms with van der Waals surface area (Å²) >= 11 is 11.6. The molecule has 0 bridgehead atoms. The average molecular weight is 170 g/mol. The number of hydrogen-bond donors (Lipinski definition) is 0. The molecule has 0 saturated heterocycles. The van der Waals surface area contributed by atoms with E-state index in [1.165, 1.54) is 0 Å². The van der Waals surface area contributed by atoms with E-state index in [4.69, 9.17) is 23.2 Å². The van der Waals surface area contributed by atoms with Gasteiger partial charge in [0.15, 0.2) is 0 Å². The van der Waals surface area contributed by atoms with Crippen molar-refractivity contribution in [2.24, 2.45) is 0 Å². The highest BCUT2D eigenvalue weighted by atomic mass is 35.5. The third-order valence-electron chi connectivity index (χ3n) is 1.04. The predicted molar refractivity (Wildman–Crippen MR) is 43.5 cm³/mol. The molecule has 0 radical (unpaired) electrons. The molecule has 2 unspecified atom stereocenters. The summed E-state index contributed by atoms with van der Waals surface area (Å²) in [5.41, 5.74) is 0. The van der Waals surface area contributed by atoms with Gasteiger partial charge in [0, 0.05) is 11.9 Å². The van der Waals surface area contributed by atoms with Crippen molar-refractivity contribution in [1.82, 2.24) is 4.90 Å². The van der Waals surface area contributed by atoms with Crippen molar-refractivity contribution in [3.05, 3.63) is 0 Å². The van der Waals surface area contributed by atoms with Crippen LogP contribution in [0.3, 0.4) is 0 Å². The Labute approximate surface area is 66.9 Å². The van der Waals surface area contributed by atoms with Gasteiger partial charge in [-0.05, 0) is 21.0 Å². The second kappa shape index (κ2) is 4.37. The Kier molecular flexibility index (Phi) is 4.63. The van der Waals surface area contributed by atoms with E-state index in [1.807, 2.05) is 25.9 Å². The van der Waals surface area contributed by atoms with E-state index in [0.29, 0.717) is 0 Å². The first kappa shape index (κ1) is 9.54. The van der Waals surface area contributed by atoms with Crippen LogP contribution in [0.1, 0.15) is 6.92 Å². The molecular weight excluding hydrogens is 157 g/mol. The van der Waals surface area contributed by atoms with E-state index in [0.717, 1.165) is 6.54 Å². The first-order valence-corrected chi connectivity index (χ1v) is 3.84. The zero-order valence-corrected chi connectivity index (χ0v) is 7.58. The number of halogens is 2. The maximum Gasteiger partial charge on any atom is 0.0623 e. The molecule has 56 valence electrons. The van der Waals surface area contributed by atoms with E-state index in [-0.39, 0.29) is 10.8 Å². The summed E-state index contributed by atoms with van der Waals surface area (Å²) in [4.78, 5) is 2.02. The van der Waals surface area contributed by atoms with E-state index >= 15 is 0 Å². The fourth-order valence-electron chi connectivity index (χ4n) is 0.494. The predicted octanol–water partition coefficient (Wildman–Crippen LogP) is 1.78. The standard InChI is InChI=1S/C6H13Cl2N/c1-5(7)6(8)4-9(2)3/h5-6H,4H2,1-3H3. The van der Waals surface area contributed by atoms with E-state index in [9.17, 15) is 0 Å². The minimum absolute atomic E-state index is 0.0501. The molecule has 9 heavy (non-hydrogen) atoms. The lowest BCUT2D eigenvalue weighted by molar-refractivity contribution is 0.403. The van der Waals surface area contributed by atoms with Gasteiger partial charge >= 0.3 is 0 Å². The van der Waals surface area contributed by atoms with Crippen LogP contribution in [0.15, 0.2) is 0 Å². The second-order valence-corrected chi connectivity index (χ2v) is 3.70. The minimum atomic E-state index is 0.0501. The summed E-state index contributed by atoms with van der Waals surface area (Å²) in [7, 11) is 3.96. The van der Waals surface area contributed by atoms with Gasteiger partial charge in [-0.15, -0.1) is 23.2 Å². The minimum Gasteiger partial charge on any atom is -0.308 e. The normalized spacial score (nSPS) is 18.0. The van der Waals surface area contributed by atoms with Gasteiger partial charge in [-0.1, -0.05) is 0 Å². The van der Waals surface area contributed by atoms with E-state index in [1.54, 1.807) is 0 Å². The third-order valence-corrected chi connectivity index (χ3v) is 1.99. The van der Waals surface area contributed by atoms with Crippen LogP contribution in [-0.2, 0) is 0 Å². The summed E-state index contributed by atoms with van der Waals surface area (Å²) in [6.45, 7) is 2.74. The summed E-state index contributed by atoms with van der Waals surface area (Å²) in [6.07, 6.45) is 0. The molecule has 2 atom stereocenters. The average Bonchev–Trinajstić information content (AvgIpc) is 1.63. The van der Waals surface area contributed by atoms with Gasteiger partial charge in [-0.3, -0.25) is 0 Å². The Balaban J connectivity index is 3.38. The van der Waals surface area contributed by atoms with Crippen molar-refractivity contribution in [1.29, 1.82) is 0 Å². The highest BCUT2D eigenvalue weighted by Gasteiger charge is 2.11. The third kappa shape index (κ3) is 5.01. The summed E-state index contributed by atoms with van der Waals surface area (Å²) in [5, 5.41) is 0.107. The number of alkyl halides is 2. The number of rotatable bonds is 3. The summed E-state index contributed by atoms with van der Waals surface area (Å²) in [5.74, 6) is 0. The molecule has 0 aliphatic rings. The first-order valence-electron chi connectivity index (χ1n) is 2.97. The Morgan fingerprint density at radius 3 is 1.89 bits per heavy atom. The molecule has 1 nitrogen and oxygen atoms in total. The molecule has 0 saturated carbocycles. The lowest BCUT2D eigenvalue weighted by Crippen LogP contribution is -2.27. The molecule has 0 aromatic heterocycles. The van der Waals surface area contributed by atoms with E-state index in [2.05, 4.69) is 0 Å². The van der Waals surface area contributed by atoms with Gasteiger partial charge in [0.2, 0.25) is 0 Å². The number of hydrogen-bond acceptors (Lipinski definition) is 1. The van der Waals surface area contributed by atoms with Gasteiger partial charge in [0.1, 0.15) is 0 Å². The van der Waals surface area contributed by atoms with Crippen molar-refractivity contribution in [3.63, 3.8) is 0 Å². The Morgan fingerprint density at radius 1 is 1.33 bits per heavy atom. The zero-order chi connectivity index (χ0) is 7.44. The topological polar surface area (TPSA) is 3.24 Å². The van der Waals surface area contributed by atoms with Crippen molar-refractivity contribution in [2.45, 2.75) is 17.7 Å². The molecular formula is C6H13Cl2N. The molecule has 0 rings (SSSR count). The zero-order valence-electron chi connectivity index (χ0n) is 6.06. The van der Waals surface area contributed by atoms with Crippen LogP contribution >= 0.6 is 23.2 Å². The molecule has 0 spiro atoms. The van der Waals surface area contributed by atoms with Crippen LogP contribution in [0, 0.1) is 0 Å². The van der Waals surface area contributed by atoms with E-state index < -0.39 is 0 Å². The summed E-state index contributed by atoms with van der Waals surface area (Å²) < 4.78 is 0. The molecule has 0 aromatic carbocycles. The van der Waals surface area contributed by atoms with Crippen LogP contribution in [-0.4, -0.2) is 36.3 Å². The van der Waals surface area contributed by atoms with Crippen LogP contribution in [0.5, 0.6) is 0 Å². The Bertz CT molecular complexity index is 73.5. The first-order chi connectivity index (χ1) is 4.04. The monoisotopic (exact) mass is 169 g/mol. The van der Waals surface area contributed by atoms with Crippen LogP contribution in [0.25, 0.3) is 0 Å². The highest BCUT2D eigenvalue weighted by Crippen LogP contribution is 2.08. The largest absolute Gasteiger partial charge is 0.308 e. The summed E-state index contributed by atoms with van der Waals surface area (Å²) in [6, 6.07) is 0. The van der Waals surface area contributed by atoms with Gasteiger partial charge in [-0.2, -0.15) is 0 Å². The van der Waals surface area contributed by atoms with Gasteiger partial charge in [0.05, 0.1) is 5.38 Å². The van der Waals surface area contributed by atoms with Crippen molar-refractivity contribution in [2.75, 3.05) is 20.6 Å². The molecule has 0 fully saturated rings. The molecule has 0 N–H and O–H groups in total. The van der Waals surface area contributed by atoms with Gasteiger partial charge in [-0.25, -0.2) is 0 Å². The van der Waals surface area contributed by atoms with Crippen LogP contribution in [0.4, 0.5) is 0 Å². The van der Waals surface area contributed by atoms with Crippen molar-refractivity contribution in [3.8, 4) is 0 Å². The van der Waals surface area contributed by atoms with Crippen LogP contribution in [0.2, 0.25) is 0 Å². The quantitative estimate of drug-likeness (QED) is 0.583. The Hall–Kier alpha value is 0.540. The molecule has 0 aliphatic carbocycles. The number of nitrogens with zero attached hydrogens (tertiary/aromatic N) is 1. The van der Waals surface area contributed by atoms with Crippen LogP contribution < -0.4 is 0 Å². The van der Waals surface area contributed by atoms with Gasteiger partial charge < -0.3 is 4.90 Å². The molecule has 0 amide bonds. The smallest absolute Gasteiger partial charge is 0.0623 e. The fraction of sp³-hybridized carbons (Fsp3) is 1.00. The van der Waals surface area contributed by atoms with Crippen molar-refractivity contribution >= 4 is 23.2 Å². The highest BCUT2D eigenvalue weighted by molar-refractivity contribution is 6.29. The molecule has 0 aliphatic heterocycles. The lowest BCUT2D eigenvalue weighted by Gasteiger charge is -2.16. The molecule has 3 heteroatoms. The van der Waals surface area contributed by atoms with Crippen molar-refractivity contribution < 1.29 is 0 Å². The molecule has 0 aromatic rings. The maximum atomic E-state index is 5.84. The van der Waals surface area contributed by atoms with Gasteiger partial charge in [0.25, 0.3) is 0 Å². The Morgan fingerprint density at radius 2 is 1.78 bits per heavy atom. The molecule has 0 heterocycles. The second-order valence-electron chi connectivity index (χ2n) is 2.46. The fourth-order valence-corrected chi connectivity index (χ4v) is 0.850. The lowest BCUT2D eigenvalue weighted by atomic mass is 10.3.